The first kappa shape index (κ1) is 21.6. The molecule has 168 valence electrons. The van der Waals surface area contributed by atoms with Crippen LogP contribution in [-0.4, -0.2) is 23.0 Å². The van der Waals surface area contributed by atoms with Crippen molar-refractivity contribution >= 4 is 38.8 Å². The maximum absolute atomic E-state index is 13.1. The SMILES string of the molecule is COc1ccc(-c2cc(-c3ccc(C)cc3)c3c(N)c(C(=O)Nc4ccncc4)sc3n2)cc1. The number of ether oxygens (including phenoxy) is 1. The molecule has 0 bridgehead atoms. The number of thiophene rings is 1. The third kappa shape index (κ3) is 4.09. The first-order valence-corrected chi connectivity index (χ1v) is 11.5. The van der Waals surface area contributed by atoms with Crippen molar-refractivity contribution in [2.45, 2.75) is 6.92 Å². The van der Waals surface area contributed by atoms with E-state index in [2.05, 4.69) is 41.5 Å². The Kier molecular flexibility index (Phi) is 5.69. The number of rotatable bonds is 5. The van der Waals surface area contributed by atoms with Gasteiger partial charge >= 0.3 is 0 Å². The Morgan fingerprint density at radius 3 is 2.32 bits per heavy atom. The maximum Gasteiger partial charge on any atom is 0.267 e. The molecular weight excluding hydrogens is 444 g/mol. The van der Waals surface area contributed by atoms with Crippen LogP contribution in [0.5, 0.6) is 5.75 Å². The summed E-state index contributed by atoms with van der Waals surface area (Å²) < 4.78 is 5.29. The van der Waals surface area contributed by atoms with Crippen molar-refractivity contribution < 1.29 is 9.53 Å². The first-order valence-electron chi connectivity index (χ1n) is 10.7. The molecule has 0 spiro atoms. The van der Waals surface area contributed by atoms with Gasteiger partial charge in [0.05, 0.1) is 18.5 Å². The summed E-state index contributed by atoms with van der Waals surface area (Å²) in [6.45, 7) is 2.05. The number of amides is 1. The number of nitrogen functional groups attached to an aromatic ring is 1. The standard InChI is InChI=1S/C27H22N4O2S/c1-16-3-5-17(6-4-16)21-15-22(18-7-9-20(33-2)10-8-18)31-27-23(21)24(28)25(34-27)26(32)30-19-11-13-29-14-12-19/h3-15H,28H2,1-2H3,(H,29,30,32). The zero-order valence-electron chi connectivity index (χ0n) is 18.7. The Balaban J connectivity index is 1.67. The number of methoxy groups -OCH3 is 1. The number of aromatic nitrogens is 2. The number of nitrogens with two attached hydrogens (primary N) is 1. The quantitative estimate of drug-likeness (QED) is 0.323. The fourth-order valence-electron chi connectivity index (χ4n) is 3.78. The highest BCUT2D eigenvalue weighted by Crippen LogP contribution is 2.41. The number of hydrogen-bond donors (Lipinski definition) is 2. The second-order valence-electron chi connectivity index (χ2n) is 7.86. The summed E-state index contributed by atoms with van der Waals surface area (Å²) in [4.78, 5) is 23.1. The Morgan fingerprint density at radius 1 is 0.971 bits per heavy atom. The Morgan fingerprint density at radius 2 is 1.65 bits per heavy atom. The van der Waals surface area contributed by atoms with E-state index >= 15 is 0 Å². The molecule has 0 unspecified atom stereocenters. The van der Waals surface area contributed by atoms with Crippen molar-refractivity contribution in [3.05, 3.63) is 89.6 Å². The van der Waals surface area contributed by atoms with Crippen LogP contribution in [0.4, 0.5) is 11.4 Å². The van der Waals surface area contributed by atoms with Crippen LogP contribution in [0.2, 0.25) is 0 Å². The monoisotopic (exact) mass is 466 g/mol. The molecule has 6 nitrogen and oxygen atoms in total. The summed E-state index contributed by atoms with van der Waals surface area (Å²) in [5.41, 5.74) is 12.5. The van der Waals surface area contributed by atoms with Crippen LogP contribution in [0.25, 0.3) is 32.6 Å². The van der Waals surface area contributed by atoms with Gasteiger partial charge in [-0.2, -0.15) is 0 Å². The van der Waals surface area contributed by atoms with Crippen molar-refractivity contribution in [2.24, 2.45) is 0 Å². The number of benzene rings is 2. The molecule has 0 aliphatic carbocycles. The van der Waals surface area contributed by atoms with E-state index in [0.717, 1.165) is 33.5 Å². The van der Waals surface area contributed by atoms with Crippen LogP contribution in [0.1, 0.15) is 15.2 Å². The van der Waals surface area contributed by atoms with Crippen molar-refractivity contribution in [1.82, 2.24) is 9.97 Å². The van der Waals surface area contributed by atoms with Gasteiger partial charge in [0.1, 0.15) is 15.5 Å². The first-order chi connectivity index (χ1) is 16.5. The van der Waals surface area contributed by atoms with Crippen LogP contribution in [0, 0.1) is 6.92 Å². The van der Waals surface area contributed by atoms with Gasteiger partial charge in [-0.1, -0.05) is 29.8 Å². The van der Waals surface area contributed by atoms with Crippen LogP contribution in [0.15, 0.2) is 79.1 Å². The number of nitrogens with one attached hydrogen (secondary N) is 1. The minimum atomic E-state index is -0.271. The Labute approximate surface area is 201 Å². The highest BCUT2D eigenvalue weighted by Gasteiger charge is 2.22. The Bertz CT molecular complexity index is 1480. The van der Waals surface area contributed by atoms with Crippen LogP contribution >= 0.6 is 11.3 Å². The number of hydrogen-bond acceptors (Lipinski definition) is 6. The number of nitrogens with zero attached hydrogens (tertiary/aromatic N) is 2. The van der Waals surface area contributed by atoms with E-state index < -0.39 is 0 Å². The lowest BCUT2D eigenvalue weighted by Crippen LogP contribution is -2.11. The molecule has 0 fully saturated rings. The molecule has 5 aromatic rings. The van der Waals surface area contributed by atoms with Crippen molar-refractivity contribution in [3.63, 3.8) is 0 Å². The topological polar surface area (TPSA) is 90.1 Å². The summed E-state index contributed by atoms with van der Waals surface area (Å²) >= 11 is 1.29. The fourth-order valence-corrected chi connectivity index (χ4v) is 4.80. The normalized spacial score (nSPS) is 10.9. The lowest BCUT2D eigenvalue weighted by molar-refractivity contribution is 0.103. The predicted molar refractivity (Wildman–Crippen MR) is 138 cm³/mol. The van der Waals surface area contributed by atoms with E-state index in [1.807, 2.05) is 30.3 Å². The smallest absolute Gasteiger partial charge is 0.267 e. The summed E-state index contributed by atoms with van der Waals surface area (Å²) in [5, 5.41) is 3.68. The second-order valence-corrected chi connectivity index (χ2v) is 8.86. The molecule has 3 heterocycles. The molecule has 1 amide bonds. The van der Waals surface area contributed by atoms with Crippen molar-refractivity contribution in [1.29, 1.82) is 0 Å². The van der Waals surface area contributed by atoms with Gasteiger partial charge in [-0.15, -0.1) is 11.3 Å². The van der Waals surface area contributed by atoms with Gasteiger partial charge in [-0.3, -0.25) is 9.78 Å². The van der Waals surface area contributed by atoms with E-state index in [0.29, 0.717) is 21.1 Å². The third-order valence-corrected chi connectivity index (χ3v) is 6.69. The van der Waals surface area contributed by atoms with Crippen LogP contribution in [0.3, 0.4) is 0 Å². The van der Waals surface area contributed by atoms with E-state index in [1.54, 1.807) is 31.6 Å². The van der Waals surface area contributed by atoms with E-state index in [-0.39, 0.29) is 5.91 Å². The molecule has 3 N–H and O–H groups in total. The lowest BCUT2D eigenvalue weighted by Gasteiger charge is -2.10. The predicted octanol–water partition coefficient (Wildman–Crippen LogP) is 6.18. The molecule has 2 aromatic carbocycles. The van der Waals surface area contributed by atoms with Crippen molar-refractivity contribution in [2.75, 3.05) is 18.2 Å². The van der Waals surface area contributed by atoms with E-state index in [1.165, 1.54) is 16.9 Å². The second kappa shape index (κ2) is 8.96. The molecular formula is C27H22N4O2S. The number of aryl methyl sites for hydroxylation is 1. The maximum atomic E-state index is 13.1. The van der Waals surface area contributed by atoms with E-state index in [9.17, 15) is 4.79 Å². The minimum Gasteiger partial charge on any atom is -0.497 e. The molecule has 0 saturated heterocycles. The summed E-state index contributed by atoms with van der Waals surface area (Å²) in [7, 11) is 1.64. The largest absolute Gasteiger partial charge is 0.497 e. The van der Waals surface area contributed by atoms with Gasteiger partial charge in [0.25, 0.3) is 5.91 Å². The molecule has 0 radical (unpaired) electrons. The fraction of sp³-hybridized carbons (Fsp3) is 0.0741. The zero-order chi connectivity index (χ0) is 23.7. The number of fused-ring (bicyclic) bond motifs is 1. The van der Waals surface area contributed by atoms with Crippen LogP contribution in [-0.2, 0) is 0 Å². The van der Waals surface area contributed by atoms with Gasteiger partial charge in [0.15, 0.2) is 0 Å². The van der Waals surface area contributed by atoms with Gasteiger partial charge in [0, 0.05) is 29.0 Å². The van der Waals surface area contributed by atoms with Gasteiger partial charge in [-0.05, 0) is 60.5 Å². The summed E-state index contributed by atoms with van der Waals surface area (Å²) in [6.07, 6.45) is 3.25. The van der Waals surface area contributed by atoms with Gasteiger partial charge in [-0.25, -0.2) is 4.98 Å². The molecule has 0 aliphatic rings. The third-order valence-electron chi connectivity index (χ3n) is 5.59. The van der Waals surface area contributed by atoms with Crippen LogP contribution < -0.4 is 15.8 Å². The molecule has 0 atom stereocenters. The minimum absolute atomic E-state index is 0.271. The summed E-state index contributed by atoms with van der Waals surface area (Å²) in [5.74, 6) is 0.506. The molecule has 7 heteroatoms. The molecule has 0 saturated carbocycles. The zero-order valence-corrected chi connectivity index (χ0v) is 19.5. The van der Waals surface area contributed by atoms with Crippen molar-refractivity contribution in [3.8, 4) is 28.1 Å². The molecule has 3 aromatic heterocycles. The lowest BCUT2D eigenvalue weighted by atomic mass is 9.98. The average molecular weight is 467 g/mol. The average Bonchev–Trinajstić information content (AvgIpc) is 3.21. The number of carbonyl (C=O) groups excluding carboxylic acids is 1. The number of anilines is 2. The molecule has 34 heavy (non-hydrogen) atoms. The summed E-state index contributed by atoms with van der Waals surface area (Å²) in [6, 6.07) is 21.5. The van der Waals surface area contributed by atoms with Gasteiger partial charge in [0.2, 0.25) is 0 Å². The van der Waals surface area contributed by atoms with E-state index in [4.69, 9.17) is 15.5 Å². The molecule has 0 aliphatic heterocycles. The Hall–Kier alpha value is -4.23. The van der Waals surface area contributed by atoms with Gasteiger partial charge < -0.3 is 15.8 Å². The highest BCUT2D eigenvalue weighted by molar-refractivity contribution is 7.21. The molecule has 5 rings (SSSR count). The number of pyridine rings is 2. The highest BCUT2D eigenvalue weighted by atomic mass is 32.1. The number of carbonyl (C=O) groups is 1.